The Morgan fingerprint density at radius 3 is 3.00 bits per heavy atom. The van der Waals surface area contributed by atoms with Crippen LogP contribution in [0.2, 0.25) is 0 Å². The molecule has 2 unspecified atom stereocenters. The minimum Gasteiger partial charge on any atom is -0.387 e. The molecule has 5 nitrogen and oxygen atoms in total. The van der Waals surface area contributed by atoms with Gasteiger partial charge >= 0.3 is 0 Å². The molecule has 0 aromatic carbocycles. The van der Waals surface area contributed by atoms with Crippen LogP contribution >= 0.6 is 11.8 Å². The van der Waals surface area contributed by atoms with Crippen molar-refractivity contribution in [1.82, 2.24) is 15.0 Å². The van der Waals surface area contributed by atoms with Crippen LogP contribution in [0.3, 0.4) is 0 Å². The van der Waals surface area contributed by atoms with E-state index in [1.807, 2.05) is 23.9 Å². The van der Waals surface area contributed by atoms with Gasteiger partial charge in [-0.15, -0.1) is 0 Å². The number of aliphatic hydroxyl groups is 1. The van der Waals surface area contributed by atoms with E-state index in [0.29, 0.717) is 17.4 Å². The molecule has 2 atom stereocenters. The molecule has 0 bridgehead atoms. The smallest absolute Gasteiger partial charge is 0.180 e. The highest BCUT2D eigenvalue weighted by molar-refractivity contribution is 8.00. The van der Waals surface area contributed by atoms with E-state index in [4.69, 9.17) is 0 Å². The van der Waals surface area contributed by atoms with Crippen LogP contribution in [0, 0.1) is 0 Å². The highest BCUT2D eigenvalue weighted by Gasteiger charge is 2.44. The van der Waals surface area contributed by atoms with Gasteiger partial charge in [-0.3, -0.25) is 4.98 Å². The standard InChI is InChI=1S/C14H18N4OS/c1-2-20-11-5-6-14(11,19)9-17-12-4-3-10-13(18-12)16-8-7-15-10/h3-4,7-8,11,19H,2,5-6,9H2,1H3,(H,16,17,18). The number of nitrogens with one attached hydrogen (secondary N) is 1. The number of thioether (sulfide) groups is 1. The maximum absolute atomic E-state index is 10.5. The van der Waals surface area contributed by atoms with Crippen molar-refractivity contribution >= 4 is 28.7 Å². The molecule has 20 heavy (non-hydrogen) atoms. The molecule has 2 aromatic heterocycles. The minimum atomic E-state index is -0.611. The minimum absolute atomic E-state index is 0.334. The van der Waals surface area contributed by atoms with Gasteiger partial charge in [-0.1, -0.05) is 6.92 Å². The first-order chi connectivity index (χ1) is 9.71. The third-order valence-corrected chi connectivity index (χ3v) is 5.12. The fourth-order valence-electron chi connectivity index (χ4n) is 2.43. The molecular weight excluding hydrogens is 272 g/mol. The van der Waals surface area contributed by atoms with Crippen molar-refractivity contribution < 1.29 is 5.11 Å². The quantitative estimate of drug-likeness (QED) is 0.878. The average Bonchev–Trinajstić information content (AvgIpc) is 2.49. The molecule has 2 heterocycles. The zero-order chi connectivity index (χ0) is 14.0. The van der Waals surface area contributed by atoms with Gasteiger partial charge in [-0.25, -0.2) is 9.97 Å². The molecular formula is C14H18N4OS. The number of fused-ring (bicyclic) bond motifs is 1. The Balaban J connectivity index is 1.68. The summed E-state index contributed by atoms with van der Waals surface area (Å²) in [7, 11) is 0. The molecule has 1 aliphatic rings. The van der Waals surface area contributed by atoms with Gasteiger partial charge in [-0.2, -0.15) is 11.8 Å². The van der Waals surface area contributed by atoms with Gasteiger partial charge in [0, 0.05) is 24.2 Å². The van der Waals surface area contributed by atoms with E-state index >= 15 is 0 Å². The van der Waals surface area contributed by atoms with Gasteiger partial charge in [-0.05, 0) is 30.7 Å². The van der Waals surface area contributed by atoms with Crippen LogP contribution in [-0.2, 0) is 0 Å². The second-order valence-corrected chi connectivity index (χ2v) is 6.52. The van der Waals surface area contributed by atoms with E-state index < -0.39 is 5.60 Å². The second-order valence-electron chi connectivity index (χ2n) is 5.04. The van der Waals surface area contributed by atoms with E-state index in [9.17, 15) is 5.11 Å². The van der Waals surface area contributed by atoms with Crippen molar-refractivity contribution in [2.24, 2.45) is 0 Å². The van der Waals surface area contributed by atoms with Gasteiger partial charge in [0.15, 0.2) is 5.65 Å². The van der Waals surface area contributed by atoms with E-state index in [2.05, 4.69) is 27.2 Å². The monoisotopic (exact) mass is 290 g/mol. The molecule has 3 rings (SSSR count). The topological polar surface area (TPSA) is 70.9 Å². The Bertz CT molecular complexity index is 608. The van der Waals surface area contributed by atoms with Crippen molar-refractivity contribution in [1.29, 1.82) is 0 Å². The van der Waals surface area contributed by atoms with Crippen LogP contribution in [0.4, 0.5) is 5.82 Å². The number of aromatic nitrogens is 3. The fourth-order valence-corrected chi connectivity index (χ4v) is 3.63. The SMILES string of the molecule is CCSC1CCC1(O)CNc1ccc2nccnc2n1. The van der Waals surface area contributed by atoms with Gasteiger partial charge in [0.05, 0.1) is 5.60 Å². The molecule has 1 fully saturated rings. The highest BCUT2D eigenvalue weighted by atomic mass is 32.2. The number of nitrogens with zero attached hydrogens (tertiary/aromatic N) is 3. The molecule has 0 saturated heterocycles. The first kappa shape index (κ1) is 13.6. The summed E-state index contributed by atoms with van der Waals surface area (Å²) in [6, 6.07) is 3.77. The van der Waals surface area contributed by atoms with Crippen molar-refractivity contribution in [2.45, 2.75) is 30.6 Å². The number of hydrogen-bond donors (Lipinski definition) is 2. The third-order valence-electron chi connectivity index (χ3n) is 3.71. The fraction of sp³-hybridized carbons (Fsp3) is 0.500. The summed E-state index contributed by atoms with van der Waals surface area (Å²) < 4.78 is 0. The lowest BCUT2D eigenvalue weighted by Gasteiger charge is -2.45. The van der Waals surface area contributed by atoms with Crippen molar-refractivity contribution in [3.63, 3.8) is 0 Å². The van der Waals surface area contributed by atoms with E-state index in [1.165, 1.54) is 0 Å². The van der Waals surface area contributed by atoms with E-state index in [0.717, 1.165) is 29.9 Å². The molecule has 2 N–H and O–H groups in total. The summed E-state index contributed by atoms with van der Waals surface area (Å²) in [5.74, 6) is 1.77. The Labute approximate surface area is 122 Å². The summed E-state index contributed by atoms with van der Waals surface area (Å²) >= 11 is 1.83. The number of rotatable bonds is 5. The maximum Gasteiger partial charge on any atom is 0.180 e. The van der Waals surface area contributed by atoms with Gasteiger partial charge in [0.2, 0.25) is 0 Å². The predicted octanol–water partition coefficient (Wildman–Crippen LogP) is 2.08. The van der Waals surface area contributed by atoms with Gasteiger partial charge in [0.25, 0.3) is 0 Å². The summed E-state index contributed by atoms with van der Waals surface area (Å²) in [4.78, 5) is 12.8. The van der Waals surface area contributed by atoms with Crippen LogP contribution in [0.1, 0.15) is 19.8 Å². The van der Waals surface area contributed by atoms with E-state index in [1.54, 1.807) is 12.4 Å². The Kier molecular flexibility index (Phi) is 3.76. The summed E-state index contributed by atoms with van der Waals surface area (Å²) in [6.07, 6.45) is 5.23. The molecule has 0 radical (unpaired) electrons. The Hall–Kier alpha value is -1.40. The van der Waals surface area contributed by atoms with Crippen LogP contribution in [-0.4, -0.2) is 43.2 Å². The number of anilines is 1. The van der Waals surface area contributed by atoms with E-state index in [-0.39, 0.29) is 0 Å². The van der Waals surface area contributed by atoms with Crippen molar-refractivity contribution in [3.8, 4) is 0 Å². The molecule has 106 valence electrons. The van der Waals surface area contributed by atoms with Crippen LogP contribution in [0.5, 0.6) is 0 Å². The normalized spacial score (nSPS) is 25.4. The average molecular weight is 290 g/mol. The Morgan fingerprint density at radius 1 is 1.40 bits per heavy atom. The lowest BCUT2D eigenvalue weighted by molar-refractivity contribution is -0.0120. The molecule has 0 amide bonds. The van der Waals surface area contributed by atoms with Crippen molar-refractivity contribution in [2.75, 3.05) is 17.6 Å². The maximum atomic E-state index is 10.5. The lowest BCUT2D eigenvalue weighted by atomic mass is 9.79. The third kappa shape index (κ3) is 2.58. The molecule has 1 aliphatic carbocycles. The second kappa shape index (κ2) is 5.54. The number of hydrogen-bond acceptors (Lipinski definition) is 6. The zero-order valence-electron chi connectivity index (χ0n) is 11.4. The number of pyridine rings is 1. The van der Waals surface area contributed by atoms with Crippen LogP contribution in [0.25, 0.3) is 11.2 Å². The molecule has 6 heteroatoms. The molecule has 0 aliphatic heterocycles. The molecule has 0 spiro atoms. The lowest BCUT2D eigenvalue weighted by Crippen LogP contribution is -2.54. The first-order valence-corrected chi connectivity index (χ1v) is 7.92. The van der Waals surface area contributed by atoms with Gasteiger partial charge < -0.3 is 10.4 Å². The summed E-state index contributed by atoms with van der Waals surface area (Å²) in [6.45, 7) is 2.66. The highest BCUT2D eigenvalue weighted by Crippen LogP contribution is 2.41. The predicted molar refractivity (Wildman–Crippen MR) is 81.9 cm³/mol. The molecule has 1 saturated carbocycles. The first-order valence-electron chi connectivity index (χ1n) is 6.87. The van der Waals surface area contributed by atoms with Crippen LogP contribution in [0.15, 0.2) is 24.5 Å². The van der Waals surface area contributed by atoms with Gasteiger partial charge in [0.1, 0.15) is 11.3 Å². The molecule has 2 aromatic rings. The largest absolute Gasteiger partial charge is 0.387 e. The zero-order valence-corrected chi connectivity index (χ0v) is 12.2. The van der Waals surface area contributed by atoms with Crippen molar-refractivity contribution in [3.05, 3.63) is 24.5 Å². The summed E-state index contributed by atoms with van der Waals surface area (Å²) in [5.41, 5.74) is 0.789. The summed E-state index contributed by atoms with van der Waals surface area (Å²) in [5, 5.41) is 14.1. The van der Waals surface area contributed by atoms with Crippen LogP contribution < -0.4 is 5.32 Å². The Morgan fingerprint density at radius 2 is 2.25 bits per heavy atom.